The maximum atomic E-state index is 9.59. The van der Waals surface area contributed by atoms with Crippen LogP contribution in [0.25, 0.3) is 92.9 Å². The minimum Gasteiger partial charge on any atom is -0.455 e. The fourth-order valence-corrected chi connectivity index (χ4v) is 7.59. The maximum absolute atomic E-state index is 9.59. The molecule has 5 nitrogen and oxygen atoms in total. The van der Waals surface area contributed by atoms with Crippen LogP contribution in [0, 0.1) is 17.9 Å². The van der Waals surface area contributed by atoms with Gasteiger partial charge < -0.3 is 13.6 Å². The van der Waals surface area contributed by atoms with Crippen LogP contribution < -0.4 is 0 Å². The molecule has 7 aromatic carbocycles. The van der Waals surface area contributed by atoms with Crippen molar-refractivity contribution in [2.45, 2.75) is 0 Å². The van der Waals surface area contributed by atoms with Crippen LogP contribution in [0.1, 0.15) is 5.56 Å². The highest BCUT2D eigenvalue weighted by Gasteiger charge is 2.19. The standard InChI is InChI=1S/C44H24N4O/c1-46-30-17-21-42-37(25-30)34-18-20-41-43(44(34)49-42)35-13-3-5-15-39(35)48(41)32-11-7-9-29(24-32)28-8-6-10-31(23-28)47-38-14-4-2-12-33(38)36-22-27(26-45)16-19-40(36)47/h2-25H. The third-order valence-electron chi connectivity index (χ3n) is 9.73. The number of hydrogen-bond donors (Lipinski definition) is 0. The Bertz CT molecular complexity index is 3090. The van der Waals surface area contributed by atoms with E-state index in [-0.39, 0.29) is 0 Å². The number of fused-ring (bicyclic) bond motifs is 10. The summed E-state index contributed by atoms with van der Waals surface area (Å²) in [5.41, 5.74) is 11.5. The summed E-state index contributed by atoms with van der Waals surface area (Å²) in [6.45, 7) is 7.50. The fraction of sp³-hybridized carbons (Fsp3) is 0. The van der Waals surface area contributed by atoms with Crippen molar-refractivity contribution in [3.8, 4) is 28.6 Å². The number of aromatic nitrogens is 2. The van der Waals surface area contributed by atoms with Gasteiger partial charge in [0.15, 0.2) is 5.69 Å². The summed E-state index contributed by atoms with van der Waals surface area (Å²) in [5, 5.41) is 15.9. The Morgan fingerprint density at radius 3 is 1.92 bits per heavy atom. The van der Waals surface area contributed by atoms with Crippen molar-refractivity contribution in [3.63, 3.8) is 0 Å². The van der Waals surface area contributed by atoms with E-state index in [0.29, 0.717) is 11.3 Å². The Hall–Kier alpha value is -7.08. The number of nitriles is 1. The second kappa shape index (κ2) is 10.2. The van der Waals surface area contributed by atoms with Gasteiger partial charge in [-0.25, -0.2) is 4.85 Å². The smallest absolute Gasteiger partial charge is 0.188 e. The highest BCUT2D eigenvalue weighted by Crippen LogP contribution is 2.42. The molecule has 0 unspecified atom stereocenters. The first-order valence-electron chi connectivity index (χ1n) is 16.1. The van der Waals surface area contributed by atoms with Gasteiger partial charge in [-0.3, -0.25) is 0 Å². The van der Waals surface area contributed by atoms with Crippen LogP contribution in [-0.2, 0) is 0 Å². The van der Waals surface area contributed by atoms with Crippen LogP contribution in [0.15, 0.2) is 150 Å². The minimum atomic E-state index is 0.602. The molecule has 3 heterocycles. The first-order valence-corrected chi connectivity index (χ1v) is 16.1. The second-order valence-electron chi connectivity index (χ2n) is 12.4. The Labute approximate surface area is 280 Å². The quantitative estimate of drug-likeness (QED) is 0.184. The van der Waals surface area contributed by atoms with Crippen molar-refractivity contribution in [1.29, 1.82) is 5.26 Å². The lowest BCUT2D eigenvalue weighted by molar-refractivity contribution is 0.673. The van der Waals surface area contributed by atoms with Crippen molar-refractivity contribution in [2.24, 2.45) is 0 Å². The average molecular weight is 625 g/mol. The minimum absolute atomic E-state index is 0.602. The largest absolute Gasteiger partial charge is 0.455 e. The Balaban J connectivity index is 1.16. The number of furan rings is 1. The van der Waals surface area contributed by atoms with Crippen LogP contribution in [-0.4, -0.2) is 9.13 Å². The molecule has 0 N–H and O–H groups in total. The predicted octanol–water partition coefficient (Wildman–Crippen LogP) is 11.9. The van der Waals surface area contributed by atoms with Crippen LogP contribution >= 0.6 is 0 Å². The van der Waals surface area contributed by atoms with Gasteiger partial charge in [-0.1, -0.05) is 66.7 Å². The van der Waals surface area contributed by atoms with E-state index in [4.69, 9.17) is 11.0 Å². The SMILES string of the molecule is [C-]#[N+]c1ccc2oc3c(ccc4c3c3ccccc3n4-c3cccc(-c4cccc(-n5c6ccccc6c6cc(C#N)ccc65)c4)c3)c2c1. The van der Waals surface area contributed by atoms with Crippen LogP contribution in [0.2, 0.25) is 0 Å². The zero-order chi connectivity index (χ0) is 32.6. The van der Waals surface area contributed by atoms with E-state index in [9.17, 15) is 5.26 Å². The number of para-hydroxylation sites is 2. The van der Waals surface area contributed by atoms with Crippen molar-refractivity contribution < 1.29 is 4.42 Å². The third kappa shape index (κ3) is 3.91. The Morgan fingerprint density at radius 2 is 1.18 bits per heavy atom. The van der Waals surface area contributed by atoms with Gasteiger partial charge in [0.05, 0.1) is 45.7 Å². The van der Waals surface area contributed by atoms with Gasteiger partial charge in [-0.15, -0.1) is 0 Å². The van der Waals surface area contributed by atoms with E-state index in [2.05, 4.69) is 123 Å². The highest BCUT2D eigenvalue weighted by molar-refractivity contribution is 6.24. The van der Waals surface area contributed by atoms with Crippen molar-refractivity contribution in [1.82, 2.24) is 9.13 Å². The average Bonchev–Trinajstić information content (AvgIpc) is 3.82. The number of nitrogens with zero attached hydrogens (tertiary/aromatic N) is 4. The lowest BCUT2D eigenvalue weighted by Crippen LogP contribution is -1.96. The lowest BCUT2D eigenvalue weighted by atomic mass is 10.0. The molecule has 3 aromatic heterocycles. The monoisotopic (exact) mass is 624 g/mol. The summed E-state index contributed by atoms with van der Waals surface area (Å²) >= 11 is 0. The van der Waals surface area contributed by atoms with Crippen molar-refractivity contribution in [2.75, 3.05) is 0 Å². The second-order valence-corrected chi connectivity index (χ2v) is 12.4. The Morgan fingerprint density at radius 1 is 0.531 bits per heavy atom. The molecular weight excluding hydrogens is 601 g/mol. The van der Waals surface area contributed by atoms with Gasteiger partial charge in [0.2, 0.25) is 0 Å². The van der Waals surface area contributed by atoms with Gasteiger partial charge in [0.25, 0.3) is 0 Å². The van der Waals surface area contributed by atoms with Gasteiger partial charge in [0, 0.05) is 38.3 Å². The van der Waals surface area contributed by atoms with Crippen LogP contribution in [0.4, 0.5) is 5.69 Å². The van der Waals surface area contributed by atoms with Crippen molar-refractivity contribution in [3.05, 3.63) is 163 Å². The molecule has 0 atom stereocenters. The summed E-state index contributed by atoms with van der Waals surface area (Å²) in [7, 11) is 0. The molecule has 226 valence electrons. The molecule has 0 radical (unpaired) electrons. The summed E-state index contributed by atoms with van der Waals surface area (Å²) < 4.78 is 11.1. The fourth-order valence-electron chi connectivity index (χ4n) is 7.59. The van der Waals surface area contributed by atoms with Gasteiger partial charge in [0.1, 0.15) is 11.2 Å². The number of benzene rings is 7. The summed E-state index contributed by atoms with van der Waals surface area (Å²) in [6, 6.07) is 52.3. The summed E-state index contributed by atoms with van der Waals surface area (Å²) in [4.78, 5) is 3.64. The molecule has 0 aliphatic carbocycles. The first kappa shape index (κ1) is 27.1. The van der Waals surface area contributed by atoms with E-state index in [0.717, 1.165) is 88.1 Å². The molecule has 0 bridgehead atoms. The topological polar surface area (TPSA) is 51.1 Å². The normalized spacial score (nSPS) is 11.6. The van der Waals surface area contributed by atoms with E-state index in [1.54, 1.807) is 0 Å². The molecule has 0 spiro atoms. The summed E-state index contributed by atoms with van der Waals surface area (Å²) in [5.74, 6) is 0. The molecule has 0 saturated carbocycles. The third-order valence-corrected chi connectivity index (χ3v) is 9.73. The Kier molecular flexibility index (Phi) is 5.64. The van der Waals surface area contributed by atoms with E-state index < -0.39 is 0 Å². The van der Waals surface area contributed by atoms with Gasteiger partial charge in [-0.2, -0.15) is 5.26 Å². The van der Waals surface area contributed by atoms with Gasteiger partial charge >= 0.3 is 0 Å². The molecule has 0 aliphatic heterocycles. The lowest BCUT2D eigenvalue weighted by Gasteiger charge is -2.12. The zero-order valence-electron chi connectivity index (χ0n) is 26.1. The predicted molar refractivity (Wildman–Crippen MR) is 199 cm³/mol. The van der Waals surface area contributed by atoms with E-state index >= 15 is 0 Å². The van der Waals surface area contributed by atoms with E-state index in [1.807, 2.05) is 42.5 Å². The number of hydrogen-bond acceptors (Lipinski definition) is 2. The number of rotatable bonds is 3. The zero-order valence-corrected chi connectivity index (χ0v) is 26.1. The summed E-state index contributed by atoms with van der Waals surface area (Å²) in [6.07, 6.45) is 0. The molecule has 49 heavy (non-hydrogen) atoms. The molecule has 10 aromatic rings. The first-order chi connectivity index (χ1) is 24.2. The molecular formula is C44H24N4O. The van der Waals surface area contributed by atoms with E-state index in [1.165, 1.54) is 0 Å². The van der Waals surface area contributed by atoms with Crippen LogP contribution in [0.5, 0.6) is 0 Å². The molecule has 0 fully saturated rings. The maximum Gasteiger partial charge on any atom is 0.188 e. The molecule has 0 amide bonds. The van der Waals surface area contributed by atoms with Gasteiger partial charge in [-0.05, 0) is 90.0 Å². The molecule has 10 rings (SSSR count). The van der Waals surface area contributed by atoms with Crippen molar-refractivity contribution >= 4 is 71.2 Å². The van der Waals surface area contributed by atoms with Crippen LogP contribution in [0.3, 0.4) is 0 Å². The molecule has 0 aliphatic rings. The molecule has 5 heteroatoms. The molecule has 0 saturated heterocycles. The highest BCUT2D eigenvalue weighted by atomic mass is 16.3.